The summed E-state index contributed by atoms with van der Waals surface area (Å²) < 4.78 is 6.98. The van der Waals surface area contributed by atoms with Gasteiger partial charge in [-0.25, -0.2) is 9.36 Å². The molecule has 0 unspecified atom stereocenters. The Morgan fingerprint density at radius 2 is 1.84 bits per heavy atom. The molecule has 1 heterocycles. The molecule has 1 aromatic heterocycles. The number of nitrogens with one attached hydrogen (secondary N) is 1. The number of phenols is 1. The summed E-state index contributed by atoms with van der Waals surface area (Å²) in [5, 5.41) is 11.7. The number of nitrogens with zero attached hydrogens (tertiary/aromatic N) is 1. The van der Waals surface area contributed by atoms with E-state index in [4.69, 9.17) is 9.84 Å². The van der Waals surface area contributed by atoms with Gasteiger partial charge in [-0.2, -0.15) is 0 Å². The molecule has 98 valence electrons. The summed E-state index contributed by atoms with van der Waals surface area (Å²) >= 11 is 0. The summed E-state index contributed by atoms with van der Waals surface area (Å²) in [6.45, 7) is 0.213. The number of pyridine rings is 1. The Morgan fingerprint density at radius 3 is 2.47 bits per heavy atom. The molecule has 0 bridgehead atoms. The van der Waals surface area contributed by atoms with Crippen molar-refractivity contribution in [1.29, 1.82) is 0 Å². The molecule has 1 aromatic carbocycles. The van der Waals surface area contributed by atoms with E-state index in [0.29, 0.717) is 5.69 Å². The standard InChI is InChI=1S/C14H14N2O3/c1-16-8-6-11(7-9-16)10-19-14(18)15-12-2-4-13(17)5-3-12/h2-9H,10H2,1H3,(H-,15,17,18)/p+1. The number of rotatable bonds is 3. The molecule has 5 nitrogen and oxygen atoms in total. The normalized spacial score (nSPS) is 9.95. The van der Waals surface area contributed by atoms with Crippen LogP contribution in [0.1, 0.15) is 5.56 Å². The number of carbonyl (C=O) groups excluding carboxylic acids is 1. The molecule has 5 heteroatoms. The highest BCUT2D eigenvalue weighted by Gasteiger charge is 2.04. The Balaban J connectivity index is 1.84. The minimum absolute atomic E-state index is 0.149. The van der Waals surface area contributed by atoms with Gasteiger partial charge in [-0.05, 0) is 24.3 Å². The lowest BCUT2D eigenvalue weighted by molar-refractivity contribution is -0.671. The van der Waals surface area contributed by atoms with E-state index in [1.165, 1.54) is 12.1 Å². The molecule has 0 aliphatic carbocycles. The van der Waals surface area contributed by atoms with E-state index >= 15 is 0 Å². The highest BCUT2D eigenvalue weighted by Crippen LogP contribution is 2.13. The highest BCUT2D eigenvalue weighted by molar-refractivity contribution is 5.84. The zero-order chi connectivity index (χ0) is 13.7. The van der Waals surface area contributed by atoms with Crippen LogP contribution in [0.2, 0.25) is 0 Å². The van der Waals surface area contributed by atoms with Crippen LogP contribution in [0, 0.1) is 0 Å². The molecule has 1 amide bonds. The zero-order valence-electron chi connectivity index (χ0n) is 10.5. The monoisotopic (exact) mass is 259 g/mol. The first-order valence-corrected chi connectivity index (χ1v) is 5.80. The Bertz CT molecular complexity index is 550. The fourth-order valence-electron chi connectivity index (χ4n) is 1.48. The molecule has 0 radical (unpaired) electrons. The molecule has 19 heavy (non-hydrogen) atoms. The van der Waals surface area contributed by atoms with Crippen LogP contribution in [-0.2, 0) is 18.4 Å². The second-order valence-corrected chi connectivity index (χ2v) is 4.12. The van der Waals surface area contributed by atoms with Gasteiger partial charge in [0.1, 0.15) is 19.4 Å². The van der Waals surface area contributed by atoms with Crippen LogP contribution in [0.3, 0.4) is 0 Å². The fourth-order valence-corrected chi connectivity index (χ4v) is 1.48. The molecule has 0 saturated carbocycles. The Kier molecular flexibility index (Phi) is 3.97. The zero-order valence-corrected chi connectivity index (χ0v) is 10.5. The van der Waals surface area contributed by atoms with E-state index in [0.717, 1.165) is 5.56 Å². The number of benzene rings is 1. The molecule has 0 saturated heterocycles. The molecule has 0 aliphatic heterocycles. The maximum atomic E-state index is 11.5. The van der Waals surface area contributed by atoms with Crippen LogP contribution >= 0.6 is 0 Å². The predicted molar refractivity (Wildman–Crippen MR) is 69.5 cm³/mol. The summed E-state index contributed by atoms with van der Waals surface area (Å²) in [5.41, 5.74) is 1.49. The van der Waals surface area contributed by atoms with Gasteiger partial charge >= 0.3 is 6.09 Å². The molecule has 2 rings (SSSR count). The van der Waals surface area contributed by atoms with Crippen molar-refractivity contribution >= 4 is 11.8 Å². The van der Waals surface area contributed by atoms with Crippen LogP contribution in [0.5, 0.6) is 5.75 Å². The summed E-state index contributed by atoms with van der Waals surface area (Å²) in [4.78, 5) is 11.5. The third-order valence-electron chi connectivity index (χ3n) is 2.53. The molecule has 2 aromatic rings. The summed E-state index contributed by atoms with van der Waals surface area (Å²) in [7, 11) is 1.92. The molecule has 2 N–H and O–H groups in total. The number of carbonyl (C=O) groups is 1. The number of aromatic nitrogens is 1. The number of hydrogen-bond acceptors (Lipinski definition) is 3. The SMILES string of the molecule is C[n+]1ccc(COC(=O)Nc2ccc(O)cc2)cc1. The second kappa shape index (κ2) is 5.86. The average molecular weight is 259 g/mol. The van der Waals surface area contributed by atoms with Gasteiger partial charge in [0.25, 0.3) is 0 Å². The number of anilines is 1. The Labute approximate surface area is 111 Å². The van der Waals surface area contributed by atoms with E-state index in [1.54, 1.807) is 12.1 Å². The van der Waals surface area contributed by atoms with Gasteiger partial charge < -0.3 is 9.84 Å². The fraction of sp³-hybridized carbons (Fsp3) is 0.143. The Morgan fingerprint density at radius 1 is 1.21 bits per heavy atom. The van der Waals surface area contributed by atoms with Crippen molar-refractivity contribution in [2.75, 3.05) is 5.32 Å². The summed E-state index contributed by atoms with van der Waals surface area (Å²) in [5.74, 6) is 0.149. The number of aromatic hydroxyl groups is 1. The lowest BCUT2D eigenvalue weighted by Crippen LogP contribution is -2.26. The number of phenolic OH excluding ortho intramolecular Hbond substituents is 1. The maximum Gasteiger partial charge on any atom is 0.411 e. The molecule has 0 spiro atoms. The van der Waals surface area contributed by atoms with Crippen LogP contribution in [0.15, 0.2) is 48.8 Å². The van der Waals surface area contributed by atoms with Crippen molar-refractivity contribution in [3.63, 3.8) is 0 Å². The van der Waals surface area contributed by atoms with E-state index in [9.17, 15) is 4.79 Å². The first kappa shape index (κ1) is 12.9. The Hall–Kier alpha value is -2.56. The number of ether oxygens (including phenoxy) is 1. The van der Waals surface area contributed by atoms with Gasteiger partial charge in [0.05, 0.1) is 0 Å². The minimum Gasteiger partial charge on any atom is -0.508 e. The first-order valence-electron chi connectivity index (χ1n) is 5.80. The van der Waals surface area contributed by atoms with Crippen LogP contribution in [0.25, 0.3) is 0 Å². The summed E-state index contributed by atoms with van der Waals surface area (Å²) in [6.07, 6.45) is 3.24. The molecular formula is C14H15N2O3+. The topological polar surface area (TPSA) is 62.4 Å². The minimum atomic E-state index is -0.529. The van der Waals surface area contributed by atoms with Crippen molar-refractivity contribution < 1.29 is 19.2 Å². The predicted octanol–water partition coefficient (Wildman–Crippen LogP) is 1.97. The van der Waals surface area contributed by atoms with Crippen molar-refractivity contribution in [3.05, 3.63) is 54.4 Å². The van der Waals surface area contributed by atoms with Crippen molar-refractivity contribution in [2.24, 2.45) is 7.05 Å². The lowest BCUT2D eigenvalue weighted by Gasteiger charge is -2.06. The molecule has 0 atom stereocenters. The third-order valence-corrected chi connectivity index (χ3v) is 2.53. The van der Waals surface area contributed by atoms with Crippen LogP contribution in [-0.4, -0.2) is 11.2 Å². The highest BCUT2D eigenvalue weighted by atomic mass is 16.5. The first-order chi connectivity index (χ1) is 9.13. The molecule has 0 fully saturated rings. The van der Waals surface area contributed by atoms with Gasteiger partial charge in [0.15, 0.2) is 12.4 Å². The van der Waals surface area contributed by atoms with Gasteiger partial charge in [0, 0.05) is 23.4 Å². The third kappa shape index (κ3) is 3.99. The smallest absolute Gasteiger partial charge is 0.411 e. The summed E-state index contributed by atoms with van der Waals surface area (Å²) in [6, 6.07) is 9.94. The van der Waals surface area contributed by atoms with Gasteiger partial charge in [0.2, 0.25) is 0 Å². The van der Waals surface area contributed by atoms with Crippen molar-refractivity contribution in [3.8, 4) is 5.75 Å². The lowest BCUT2D eigenvalue weighted by atomic mass is 10.3. The van der Waals surface area contributed by atoms with Gasteiger partial charge in [-0.1, -0.05) is 0 Å². The van der Waals surface area contributed by atoms with E-state index in [1.807, 2.05) is 36.1 Å². The number of hydrogen-bond donors (Lipinski definition) is 2. The van der Waals surface area contributed by atoms with Gasteiger partial charge in [-0.15, -0.1) is 0 Å². The molecule has 0 aliphatic rings. The largest absolute Gasteiger partial charge is 0.508 e. The quantitative estimate of drug-likeness (QED) is 0.654. The van der Waals surface area contributed by atoms with Crippen LogP contribution in [0.4, 0.5) is 10.5 Å². The van der Waals surface area contributed by atoms with E-state index in [-0.39, 0.29) is 12.4 Å². The maximum absolute atomic E-state index is 11.5. The van der Waals surface area contributed by atoms with Crippen molar-refractivity contribution in [2.45, 2.75) is 6.61 Å². The average Bonchev–Trinajstić information content (AvgIpc) is 2.41. The molecular weight excluding hydrogens is 244 g/mol. The van der Waals surface area contributed by atoms with Crippen LogP contribution < -0.4 is 9.88 Å². The number of amides is 1. The van der Waals surface area contributed by atoms with Crippen molar-refractivity contribution in [1.82, 2.24) is 0 Å². The second-order valence-electron chi connectivity index (χ2n) is 4.12. The number of aryl methyl sites for hydroxylation is 1. The van der Waals surface area contributed by atoms with E-state index < -0.39 is 6.09 Å². The van der Waals surface area contributed by atoms with E-state index in [2.05, 4.69) is 5.32 Å². The van der Waals surface area contributed by atoms with Gasteiger partial charge in [-0.3, -0.25) is 5.32 Å².